The Morgan fingerprint density at radius 1 is 1.39 bits per heavy atom. The molecule has 0 aromatic carbocycles. The van der Waals surface area contributed by atoms with Crippen LogP contribution in [0.1, 0.15) is 36.4 Å². The van der Waals surface area contributed by atoms with Gasteiger partial charge in [-0.05, 0) is 30.9 Å². The van der Waals surface area contributed by atoms with E-state index in [1.165, 1.54) is 5.56 Å². The van der Waals surface area contributed by atoms with Crippen LogP contribution in [-0.2, 0) is 15.9 Å². The molecule has 3 rings (SSSR count). The van der Waals surface area contributed by atoms with Crippen molar-refractivity contribution in [3.8, 4) is 0 Å². The van der Waals surface area contributed by atoms with Crippen molar-refractivity contribution in [2.45, 2.75) is 44.0 Å². The van der Waals surface area contributed by atoms with Crippen LogP contribution in [0.5, 0.6) is 0 Å². The van der Waals surface area contributed by atoms with Crippen LogP contribution >= 0.6 is 0 Å². The van der Waals surface area contributed by atoms with Gasteiger partial charge in [-0.2, -0.15) is 0 Å². The van der Waals surface area contributed by atoms with E-state index in [0.29, 0.717) is 19.6 Å². The second-order valence-electron chi connectivity index (χ2n) is 5.02. The van der Waals surface area contributed by atoms with Crippen molar-refractivity contribution in [3.63, 3.8) is 0 Å². The minimum atomic E-state index is -0.429. The van der Waals surface area contributed by atoms with Crippen molar-refractivity contribution in [2.24, 2.45) is 0 Å². The van der Waals surface area contributed by atoms with E-state index in [4.69, 9.17) is 9.47 Å². The van der Waals surface area contributed by atoms with Crippen molar-refractivity contribution in [3.05, 3.63) is 29.6 Å². The van der Waals surface area contributed by atoms with Crippen molar-refractivity contribution >= 4 is 0 Å². The number of nitrogens with zero attached hydrogens (tertiary/aromatic N) is 1. The van der Waals surface area contributed by atoms with E-state index in [-0.39, 0.29) is 12.2 Å². The number of aliphatic hydroxyl groups is 1. The Hall–Kier alpha value is -0.970. The predicted molar refractivity (Wildman–Crippen MR) is 66.2 cm³/mol. The lowest BCUT2D eigenvalue weighted by atomic mass is 9.82. The summed E-state index contributed by atoms with van der Waals surface area (Å²) in [5.74, 6) is 0.128. The largest absolute Gasteiger partial charge is 0.392 e. The van der Waals surface area contributed by atoms with Crippen molar-refractivity contribution < 1.29 is 14.6 Å². The van der Waals surface area contributed by atoms with Crippen LogP contribution in [0, 0.1) is 0 Å². The maximum atomic E-state index is 10.4. The standard InChI is InChI=1S/C14H19NO3/c16-12(9-13-17-7-8-18-13)11-5-1-3-10-4-2-6-15-14(10)11/h2,4,6,11-13,16H,1,3,5,7-9H2. The number of aryl methyl sites for hydroxylation is 1. The first-order valence-electron chi connectivity index (χ1n) is 6.69. The number of pyridine rings is 1. The van der Waals surface area contributed by atoms with Crippen LogP contribution in [0.4, 0.5) is 0 Å². The molecule has 98 valence electrons. The molecule has 1 fully saturated rings. The molecule has 0 bridgehead atoms. The number of hydrogen-bond donors (Lipinski definition) is 1. The molecule has 2 heterocycles. The van der Waals surface area contributed by atoms with Crippen LogP contribution in [0.3, 0.4) is 0 Å². The summed E-state index contributed by atoms with van der Waals surface area (Å²) in [7, 11) is 0. The fourth-order valence-electron chi connectivity index (χ4n) is 2.92. The summed E-state index contributed by atoms with van der Waals surface area (Å²) >= 11 is 0. The van der Waals surface area contributed by atoms with Crippen LogP contribution in [-0.4, -0.2) is 35.7 Å². The summed E-state index contributed by atoms with van der Waals surface area (Å²) in [6.45, 7) is 1.27. The molecule has 1 saturated heterocycles. The molecule has 2 aliphatic rings. The van der Waals surface area contributed by atoms with Gasteiger partial charge < -0.3 is 14.6 Å². The van der Waals surface area contributed by atoms with Crippen LogP contribution in [0.2, 0.25) is 0 Å². The SMILES string of the molecule is OC(CC1OCCO1)C1CCCc2cccnc21. The summed E-state index contributed by atoms with van der Waals surface area (Å²) in [6.07, 6.45) is 4.87. The second-order valence-corrected chi connectivity index (χ2v) is 5.02. The summed E-state index contributed by atoms with van der Waals surface area (Å²) < 4.78 is 10.8. The summed E-state index contributed by atoms with van der Waals surface area (Å²) in [5.41, 5.74) is 2.34. The Labute approximate surface area is 107 Å². The molecule has 18 heavy (non-hydrogen) atoms. The van der Waals surface area contributed by atoms with Crippen LogP contribution < -0.4 is 0 Å². The average molecular weight is 249 g/mol. The molecular formula is C14H19NO3. The van der Waals surface area contributed by atoms with Gasteiger partial charge >= 0.3 is 0 Å². The van der Waals surface area contributed by atoms with E-state index in [2.05, 4.69) is 11.1 Å². The fourth-order valence-corrected chi connectivity index (χ4v) is 2.92. The zero-order valence-corrected chi connectivity index (χ0v) is 10.4. The fraction of sp³-hybridized carbons (Fsp3) is 0.643. The van der Waals surface area contributed by atoms with Gasteiger partial charge in [0.15, 0.2) is 6.29 Å². The van der Waals surface area contributed by atoms with Gasteiger partial charge in [0, 0.05) is 24.2 Å². The number of aliphatic hydroxyl groups excluding tert-OH is 1. The van der Waals surface area contributed by atoms with Crippen LogP contribution in [0.25, 0.3) is 0 Å². The first kappa shape index (κ1) is 12.1. The molecule has 4 heteroatoms. The van der Waals surface area contributed by atoms with Gasteiger partial charge in [-0.15, -0.1) is 0 Å². The highest BCUT2D eigenvalue weighted by Gasteiger charge is 2.31. The van der Waals surface area contributed by atoms with Gasteiger partial charge in [-0.25, -0.2) is 0 Å². The minimum absolute atomic E-state index is 0.128. The molecule has 4 nitrogen and oxygen atoms in total. The highest BCUT2D eigenvalue weighted by atomic mass is 16.7. The number of rotatable bonds is 3. The molecular weight excluding hydrogens is 230 g/mol. The minimum Gasteiger partial charge on any atom is -0.392 e. The lowest BCUT2D eigenvalue weighted by molar-refractivity contribution is -0.0748. The zero-order chi connectivity index (χ0) is 12.4. The molecule has 1 aliphatic heterocycles. The monoisotopic (exact) mass is 249 g/mol. The molecule has 0 radical (unpaired) electrons. The molecule has 2 unspecified atom stereocenters. The molecule has 1 aromatic heterocycles. The lowest BCUT2D eigenvalue weighted by Gasteiger charge is -2.29. The Bertz CT molecular complexity index is 404. The van der Waals surface area contributed by atoms with Gasteiger partial charge in [0.2, 0.25) is 0 Å². The third-order valence-electron chi connectivity index (χ3n) is 3.83. The second kappa shape index (κ2) is 5.34. The van der Waals surface area contributed by atoms with Crippen molar-refractivity contribution in [2.75, 3.05) is 13.2 Å². The highest BCUT2D eigenvalue weighted by Crippen LogP contribution is 2.34. The quantitative estimate of drug-likeness (QED) is 0.884. The van der Waals surface area contributed by atoms with E-state index in [9.17, 15) is 5.11 Å². The predicted octanol–water partition coefficient (Wildman–Crippen LogP) is 1.63. The van der Waals surface area contributed by atoms with Gasteiger partial charge in [0.1, 0.15) is 0 Å². The zero-order valence-electron chi connectivity index (χ0n) is 10.4. The smallest absolute Gasteiger partial charge is 0.160 e. The highest BCUT2D eigenvalue weighted by molar-refractivity contribution is 5.26. The van der Waals surface area contributed by atoms with E-state index in [1.54, 1.807) is 0 Å². The molecule has 0 spiro atoms. The van der Waals surface area contributed by atoms with E-state index >= 15 is 0 Å². The molecule has 2 atom stereocenters. The van der Waals surface area contributed by atoms with Crippen LogP contribution in [0.15, 0.2) is 18.3 Å². The molecule has 0 amide bonds. The lowest BCUT2D eigenvalue weighted by Crippen LogP contribution is -2.28. The third-order valence-corrected chi connectivity index (χ3v) is 3.83. The van der Waals surface area contributed by atoms with E-state index < -0.39 is 6.10 Å². The van der Waals surface area contributed by atoms with Crippen molar-refractivity contribution in [1.82, 2.24) is 4.98 Å². The molecule has 0 saturated carbocycles. The Balaban J connectivity index is 1.72. The van der Waals surface area contributed by atoms with Gasteiger partial charge in [-0.3, -0.25) is 4.98 Å². The van der Waals surface area contributed by atoms with Gasteiger partial charge in [0.25, 0.3) is 0 Å². The third kappa shape index (κ3) is 2.41. The number of aromatic nitrogens is 1. The number of ether oxygens (including phenoxy) is 2. The molecule has 1 N–H and O–H groups in total. The maximum Gasteiger partial charge on any atom is 0.160 e. The first-order chi connectivity index (χ1) is 8.84. The normalized spacial score (nSPS) is 25.9. The summed E-state index contributed by atoms with van der Waals surface area (Å²) in [6, 6.07) is 4.08. The van der Waals surface area contributed by atoms with Gasteiger partial charge in [-0.1, -0.05) is 6.07 Å². The van der Waals surface area contributed by atoms with Crippen molar-refractivity contribution in [1.29, 1.82) is 0 Å². The average Bonchev–Trinajstić information content (AvgIpc) is 2.91. The molecule has 1 aliphatic carbocycles. The Morgan fingerprint density at radius 3 is 3.06 bits per heavy atom. The van der Waals surface area contributed by atoms with Gasteiger partial charge in [0.05, 0.1) is 19.3 Å². The topological polar surface area (TPSA) is 51.6 Å². The number of fused-ring (bicyclic) bond motifs is 1. The first-order valence-corrected chi connectivity index (χ1v) is 6.69. The number of hydrogen-bond acceptors (Lipinski definition) is 4. The van der Waals surface area contributed by atoms with E-state index in [0.717, 1.165) is 25.0 Å². The molecule has 1 aromatic rings. The Morgan fingerprint density at radius 2 is 2.22 bits per heavy atom. The summed E-state index contributed by atoms with van der Waals surface area (Å²) in [4.78, 5) is 4.45. The van der Waals surface area contributed by atoms with E-state index in [1.807, 2.05) is 12.3 Å². The Kier molecular flexibility index (Phi) is 3.59. The summed E-state index contributed by atoms with van der Waals surface area (Å²) in [5, 5.41) is 10.4. The maximum absolute atomic E-state index is 10.4.